The molecule has 0 saturated carbocycles. The van der Waals surface area contributed by atoms with Gasteiger partial charge in [-0.25, -0.2) is 4.98 Å². The van der Waals surface area contributed by atoms with Gasteiger partial charge < -0.3 is 5.11 Å². The summed E-state index contributed by atoms with van der Waals surface area (Å²) in [6, 6.07) is 0.154. The number of carbonyl (C=O) groups is 1. The highest BCUT2D eigenvalue weighted by atomic mass is 32.2. The summed E-state index contributed by atoms with van der Waals surface area (Å²) < 4.78 is 0.988. The number of aliphatic carboxylic acids is 1. The number of nitrogens with zero attached hydrogens (tertiary/aromatic N) is 1. The van der Waals surface area contributed by atoms with E-state index in [-0.39, 0.29) is 6.04 Å². The first-order chi connectivity index (χ1) is 7.94. The van der Waals surface area contributed by atoms with Gasteiger partial charge in [-0.1, -0.05) is 11.8 Å². The Hall–Kier alpha value is -0.590. The van der Waals surface area contributed by atoms with Crippen LogP contribution in [-0.4, -0.2) is 33.4 Å². The molecule has 1 unspecified atom stereocenters. The fourth-order valence-electron chi connectivity index (χ4n) is 1.50. The highest BCUT2D eigenvalue weighted by Gasteiger charge is 2.32. The Morgan fingerprint density at radius 1 is 1.71 bits per heavy atom. The Kier molecular flexibility index (Phi) is 5.42. The molecule has 0 amide bonds. The minimum Gasteiger partial charge on any atom is -0.480 e. The quantitative estimate of drug-likeness (QED) is 0.748. The van der Waals surface area contributed by atoms with E-state index in [9.17, 15) is 9.90 Å². The van der Waals surface area contributed by atoms with Crippen molar-refractivity contribution in [2.45, 2.75) is 43.1 Å². The lowest BCUT2D eigenvalue weighted by Gasteiger charge is -2.28. The summed E-state index contributed by atoms with van der Waals surface area (Å²) in [6.07, 6.45) is 2.33. The summed E-state index contributed by atoms with van der Waals surface area (Å²) in [5.41, 5.74) is -0.863. The summed E-state index contributed by atoms with van der Waals surface area (Å²) in [7, 11) is 0. The lowest BCUT2D eigenvalue weighted by atomic mass is 9.98. The number of thioether (sulfide) groups is 1. The molecule has 0 radical (unpaired) electrons. The largest absolute Gasteiger partial charge is 0.480 e. The summed E-state index contributed by atoms with van der Waals surface area (Å²) in [6.45, 7) is 5.64. The average molecular weight is 274 g/mol. The smallest absolute Gasteiger partial charge is 0.323 e. The number of carboxylic acid groups (broad SMARTS) is 1. The number of aromatic nitrogens is 1. The van der Waals surface area contributed by atoms with Crippen LogP contribution in [0.2, 0.25) is 0 Å². The Bertz CT molecular complexity index is 354. The summed E-state index contributed by atoms with van der Waals surface area (Å²) in [5, 5.41) is 14.3. The van der Waals surface area contributed by atoms with Gasteiger partial charge in [0.15, 0.2) is 0 Å². The van der Waals surface area contributed by atoms with Crippen LogP contribution in [0.15, 0.2) is 15.9 Å². The third-order valence-electron chi connectivity index (χ3n) is 2.32. The molecular formula is C11H18N2O2S2. The maximum Gasteiger partial charge on any atom is 0.323 e. The van der Waals surface area contributed by atoms with E-state index >= 15 is 0 Å². The minimum absolute atomic E-state index is 0.154. The zero-order valence-corrected chi connectivity index (χ0v) is 11.9. The predicted octanol–water partition coefficient (Wildman–Crippen LogP) is 2.47. The van der Waals surface area contributed by atoms with Gasteiger partial charge in [0, 0.05) is 23.4 Å². The Morgan fingerprint density at radius 3 is 2.88 bits per heavy atom. The van der Waals surface area contributed by atoms with Crippen molar-refractivity contribution in [3.8, 4) is 0 Å². The van der Waals surface area contributed by atoms with E-state index in [0.29, 0.717) is 6.42 Å². The van der Waals surface area contributed by atoms with E-state index in [0.717, 1.165) is 10.1 Å². The molecule has 1 heterocycles. The molecule has 6 heteroatoms. The van der Waals surface area contributed by atoms with Crippen LogP contribution in [0.25, 0.3) is 0 Å². The summed E-state index contributed by atoms with van der Waals surface area (Å²) >= 11 is 3.18. The van der Waals surface area contributed by atoms with Gasteiger partial charge in [0.25, 0.3) is 0 Å². The normalized spacial score (nSPS) is 14.8. The van der Waals surface area contributed by atoms with Crippen molar-refractivity contribution in [2.75, 3.05) is 5.75 Å². The second kappa shape index (κ2) is 6.37. The molecule has 2 N–H and O–H groups in total. The van der Waals surface area contributed by atoms with Crippen molar-refractivity contribution < 1.29 is 9.90 Å². The highest BCUT2D eigenvalue weighted by molar-refractivity contribution is 8.00. The standard InChI is InChI=1S/C11H18N2O2S2/c1-8(2)13-11(3,9(14)15)4-6-16-10-12-5-7-17-10/h5,7-8,13H,4,6H2,1-3H3,(H,14,15). The Labute approximate surface area is 110 Å². The lowest BCUT2D eigenvalue weighted by molar-refractivity contribution is -0.144. The Morgan fingerprint density at radius 2 is 2.41 bits per heavy atom. The fraction of sp³-hybridized carbons (Fsp3) is 0.636. The number of rotatable bonds is 7. The lowest BCUT2D eigenvalue weighted by Crippen LogP contribution is -2.52. The first kappa shape index (κ1) is 14.5. The van der Waals surface area contributed by atoms with Gasteiger partial charge in [0.05, 0.1) is 0 Å². The molecule has 0 aliphatic rings. The number of hydrogen-bond donors (Lipinski definition) is 2. The van der Waals surface area contributed by atoms with Crippen molar-refractivity contribution in [3.63, 3.8) is 0 Å². The first-order valence-corrected chi connectivity index (χ1v) is 7.34. The van der Waals surface area contributed by atoms with Gasteiger partial charge in [-0.05, 0) is 27.2 Å². The maximum atomic E-state index is 11.3. The van der Waals surface area contributed by atoms with Crippen LogP contribution in [0.1, 0.15) is 27.2 Å². The van der Waals surface area contributed by atoms with Crippen LogP contribution in [0.3, 0.4) is 0 Å². The van der Waals surface area contributed by atoms with Crippen molar-refractivity contribution in [1.82, 2.24) is 10.3 Å². The molecule has 96 valence electrons. The fourth-order valence-corrected chi connectivity index (χ4v) is 3.37. The van der Waals surface area contributed by atoms with Crippen molar-refractivity contribution in [2.24, 2.45) is 0 Å². The number of nitrogens with one attached hydrogen (secondary N) is 1. The zero-order chi connectivity index (χ0) is 12.9. The molecule has 1 aromatic heterocycles. The zero-order valence-electron chi connectivity index (χ0n) is 10.3. The molecule has 0 aliphatic heterocycles. The molecule has 0 aromatic carbocycles. The second-order valence-electron chi connectivity index (χ2n) is 4.33. The molecule has 1 rings (SSSR count). The van der Waals surface area contributed by atoms with Gasteiger partial charge in [-0.2, -0.15) is 0 Å². The van der Waals surface area contributed by atoms with Crippen LogP contribution in [-0.2, 0) is 4.79 Å². The van der Waals surface area contributed by atoms with Gasteiger partial charge in [-0.3, -0.25) is 10.1 Å². The third kappa shape index (κ3) is 4.65. The monoisotopic (exact) mass is 274 g/mol. The van der Waals surface area contributed by atoms with E-state index in [1.165, 1.54) is 0 Å². The second-order valence-corrected chi connectivity index (χ2v) is 6.57. The number of hydrogen-bond acceptors (Lipinski definition) is 5. The number of thiazole rings is 1. The predicted molar refractivity (Wildman–Crippen MR) is 71.8 cm³/mol. The van der Waals surface area contributed by atoms with E-state index < -0.39 is 11.5 Å². The molecule has 0 fully saturated rings. The summed E-state index contributed by atoms with van der Waals surface area (Å²) in [5.74, 6) is -0.0540. The molecule has 4 nitrogen and oxygen atoms in total. The van der Waals surface area contributed by atoms with Crippen LogP contribution in [0, 0.1) is 0 Å². The van der Waals surface area contributed by atoms with Gasteiger partial charge in [-0.15, -0.1) is 11.3 Å². The first-order valence-electron chi connectivity index (χ1n) is 5.47. The van der Waals surface area contributed by atoms with E-state index in [1.54, 1.807) is 36.2 Å². The van der Waals surface area contributed by atoms with Crippen LogP contribution in [0.5, 0.6) is 0 Å². The highest BCUT2D eigenvalue weighted by Crippen LogP contribution is 2.24. The maximum absolute atomic E-state index is 11.3. The molecular weight excluding hydrogens is 256 g/mol. The van der Waals surface area contributed by atoms with Crippen molar-refractivity contribution in [1.29, 1.82) is 0 Å². The van der Waals surface area contributed by atoms with Crippen LogP contribution < -0.4 is 5.32 Å². The van der Waals surface area contributed by atoms with Crippen molar-refractivity contribution in [3.05, 3.63) is 11.6 Å². The molecule has 0 saturated heterocycles. The van der Waals surface area contributed by atoms with Gasteiger partial charge in [0.2, 0.25) is 0 Å². The molecule has 1 atom stereocenters. The van der Waals surface area contributed by atoms with Gasteiger partial charge in [0.1, 0.15) is 9.88 Å². The third-order valence-corrected chi connectivity index (χ3v) is 4.28. The van der Waals surface area contributed by atoms with Crippen LogP contribution >= 0.6 is 23.1 Å². The summed E-state index contributed by atoms with van der Waals surface area (Å²) in [4.78, 5) is 15.4. The molecule has 0 bridgehead atoms. The SMILES string of the molecule is CC(C)NC(C)(CCSc1nccs1)C(=O)O. The average Bonchev–Trinajstić information content (AvgIpc) is 2.69. The molecule has 17 heavy (non-hydrogen) atoms. The molecule has 1 aromatic rings. The van der Waals surface area contributed by atoms with E-state index in [2.05, 4.69) is 10.3 Å². The van der Waals surface area contributed by atoms with Crippen LogP contribution in [0.4, 0.5) is 0 Å². The minimum atomic E-state index is -0.863. The van der Waals surface area contributed by atoms with Crippen molar-refractivity contribution >= 4 is 29.1 Å². The topological polar surface area (TPSA) is 62.2 Å². The number of carboxylic acids is 1. The van der Waals surface area contributed by atoms with E-state index in [1.807, 2.05) is 19.2 Å². The molecule has 0 spiro atoms. The molecule has 0 aliphatic carbocycles. The van der Waals surface area contributed by atoms with E-state index in [4.69, 9.17) is 0 Å². The van der Waals surface area contributed by atoms with Gasteiger partial charge >= 0.3 is 5.97 Å². The Balaban J connectivity index is 2.47.